The molecule has 0 spiro atoms. The van der Waals surface area contributed by atoms with Gasteiger partial charge in [-0.15, -0.1) is 11.6 Å². The number of rotatable bonds is 2. The molecule has 0 radical (unpaired) electrons. The van der Waals surface area contributed by atoms with Gasteiger partial charge in [0.15, 0.2) is 10.7 Å². The monoisotopic (exact) mass is 190 g/mol. The van der Waals surface area contributed by atoms with Crippen LogP contribution in [0.3, 0.4) is 0 Å². The van der Waals surface area contributed by atoms with Crippen molar-refractivity contribution in [2.75, 3.05) is 0 Å². The minimum atomic E-state index is -2.51. The van der Waals surface area contributed by atoms with Gasteiger partial charge in [0.2, 0.25) is 0 Å². The van der Waals surface area contributed by atoms with Crippen LogP contribution in [0.25, 0.3) is 0 Å². The van der Waals surface area contributed by atoms with Crippen LogP contribution < -0.4 is 0 Å². The molecule has 2 nitrogen and oxygen atoms in total. The van der Waals surface area contributed by atoms with Gasteiger partial charge in [-0.3, -0.25) is 0 Å². The van der Waals surface area contributed by atoms with E-state index in [1.165, 1.54) is 0 Å². The van der Waals surface area contributed by atoms with Crippen LogP contribution in [0.5, 0.6) is 0 Å². The van der Waals surface area contributed by atoms with Crippen molar-refractivity contribution in [2.45, 2.75) is 10.8 Å². The summed E-state index contributed by atoms with van der Waals surface area (Å²) >= 11 is 5.51. The molecule has 0 saturated heterocycles. The van der Waals surface area contributed by atoms with E-state index in [2.05, 4.69) is 0 Å². The molecule has 11 heavy (non-hydrogen) atoms. The van der Waals surface area contributed by atoms with Crippen LogP contribution in [-0.2, 0) is 16.6 Å². The molecule has 1 aromatic rings. The second-order valence-electron chi connectivity index (χ2n) is 2.02. The van der Waals surface area contributed by atoms with Crippen LogP contribution in [0.1, 0.15) is 5.56 Å². The molecule has 0 bridgehead atoms. The van der Waals surface area contributed by atoms with Gasteiger partial charge >= 0.3 is 0 Å². The van der Waals surface area contributed by atoms with Gasteiger partial charge in [0.25, 0.3) is 0 Å². The normalized spacial score (nSPS) is 10.4. The van der Waals surface area contributed by atoms with E-state index in [0.717, 1.165) is 0 Å². The largest absolute Gasteiger partial charge is 0.227 e. The van der Waals surface area contributed by atoms with Crippen LogP contribution in [0.4, 0.5) is 0 Å². The molecule has 0 fully saturated rings. The topological polar surface area (TPSA) is 34.1 Å². The lowest BCUT2D eigenvalue weighted by Gasteiger charge is -1.96. The Morgan fingerprint density at radius 2 is 1.91 bits per heavy atom. The summed E-state index contributed by atoms with van der Waals surface area (Å²) in [5.74, 6) is 0.236. The van der Waals surface area contributed by atoms with Gasteiger partial charge in [-0.1, -0.05) is 18.2 Å². The first-order chi connectivity index (χ1) is 5.25. The minimum Gasteiger partial charge on any atom is -0.227 e. The summed E-state index contributed by atoms with van der Waals surface area (Å²) in [6, 6.07) is 6.69. The summed E-state index contributed by atoms with van der Waals surface area (Å²) in [4.78, 5) is 0.317. The Bertz CT molecular complexity index is 312. The fraction of sp³-hybridized carbons (Fsp3) is 0.143. The van der Waals surface area contributed by atoms with E-state index in [9.17, 15) is 8.42 Å². The molecular weight excluding hydrogens is 184 g/mol. The Morgan fingerprint density at radius 3 is 2.36 bits per heavy atom. The zero-order valence-corrected chi connectivity index (χ0v) is 7.31. The molecule has 0 aliphatic carbocycles. The van der Waals surface area contributed by atoms with E-state index in [-0.39, 0.29) is 5.88 Å². The van der Waals surface area contributed by atoms with E-state index in [4.69, 9.17) is 11.6 Å². The van der Waals surface area contributed by atoms with Crippen molar-refractivity contribution in [1.82, 2.24) is 0 Å². The maximum atomic E-state index is 10.6. The number of hydrogen-bond acceptors (Lipinski definition) is 2. The molecule has 0 N–H and O–H groups in total. The summed E-state index contributed by atoms with van der Waals surface area (Å²) in [5, 5.41) is 0. The Labute approximate surface area is 71.8 Å². The fourth-order valence-electron chi connectivity index (χ4n) is 0.802. The van der Waals surface area contributed by atoms with E-state index in [0.29, 0.717) is 10.5 Å². The number of alkyl halides is 1. The first-order valence-corrected chi connectivity index (χ1v) is 4.75. The molecular formula is C7H7ClO2S. The number of benzene rings is 1. The van der Waals surface area contributed by atoms with Crippen LogP contribution in [0.2, 0.25) is 0 Å². The minimum absolute atomic E-state index is 0.236. The number of thiol groups is 1. The lowest BCUT2D eigenvalue weighted by molar-refractivity contribution is 0.614. The molecule has 0 unspecified atom stereocenters. The Morgan fingerprint density at radius 1 is 1.27 bits per heavy atom. The molecule has 1 rings (SSSR count). The molecule has 0 aromatic heterocycles. The highest BCUT2D eigenvalue weighted by molar-refractivity contribution is 7.72. The van der Waals surface area contributed by atoms with Gasteiger partial charge in [0, 0.05) is 5.88 Å². The molecule has 0 heterocycles. The average Bonchev–Trinajstić information content (AvgIpc) is 2.04. The SMILES string of the molecule is O=[SH](=O)c1ccccc1CCl. The van der Waals surface area contributed by atoms with Gasteiger partial charge in [-0.05, 0) is 11.6 Å². The molecule has 0 aliphatic heterocycles. The van der Waals surface area contributed by atoms with Crippen molar-refractivity contribution in [2.24, 2.45) is 0 Å². The van der Waals surface area contributed by atoms with Gasteiger partial charge in [0.1, 0.15) is 0 Å². The molecule has 4 heteroatoms. The molecule has 0 amide bonds. The third-order valence-corrected chi connectivity index (χ3v) is 2.45. The summed E-state index contributed by atoms with van der Waals surface area (Å²) in [7, 11) is -2.51. The highest BCUT2D eigenvalue weighted by atomic mass is 35.5. The van der Waals surface area contributed by atoms with Crippen LogP contribution in [0, 0.1) is 0 Å². The predicted octanol–water partition coefficient (Wildman–Crippen LogP) is 1.40. The van der Waals surface area contributed by atoms with Crippen molar-refractivity contribution >= 4 is 22.3 Å². The predicted molar refractivity (Wildman–Crippen MR) is 44.6 cm³/mol. The summed E-state index contributed by atoms with van der Waals surface area (Å²) in [5.41, 5.74) is 0.658. The van der Waals surface area contributed by atoms with E-state index >= 15 is 0 Å². The third-order valence-electron chi connectivity index (χ3n) is 1.33. The van der Waals surface area contributed by atoms with Crippen molar-refractivity contribution in [3.8, 4) is 0 Å². The number of hydrogen-bond donors (Lipinski definition) is 1. The zero-order valence-electron chi connectivity index (χ0n) is 5.66. The van der Waals surface area contributed by atoms with Crippen molar-refractivity contribution in [3.05, 3.63) is 29.8 Å². The summed E-state index contributed by atoms with van der Waals surface area (Å²) < 4.78 is 21.1. The molecule has 0 aliphatic rings. The average molecular weight is 191 g/mol. The molecule has 1 aromatic carbocycles. The van der Waals surface area contributed by atoms with Gasteiger partial charge in [-0.25, -0.2) is 8.42 Å². The quantitative estimate of drug-likeness (QED) is 0.565. The van der Waals surface area contributed by atoms with E-state index < -0.39 is 10.7 Å². The first kappa shape index (κ1) is 8.56. The first-order valence-electron chi connectivity index (χ1n) is 3.04. The van der Waals surface area contributed by atoms with Crippen LogP contribution in [-0.4, -0.2) is 8.42 Å². The lowest BCUT2D eigenvalue weighted by atomic mass is 10.2. The summed E-state index contributed by atoms with van der Waals surface area (Å²) in [6.45, 7) is 0. The van der Waals surface area contributed by atoms with E-state index in [1.54, 1.807) is 24.3 Å². The van der Waals surface area contributed by atoms with E-state index in [1.807, 2.05) is 0 Å². The highest BCUT2D eigenvalue weighted by Gasteiger charge is 2.00. The maximum Gasteiger partial charge on any atom is 0.168 e. The zero-order chi connectivity index (χ0) is 8.27. The number of halogens is 1. The molecule has 0 atom stereocenters. The Balaban J connectivity index is 3.23. The Hall–Kier alpha value is -0.540. The Kier molecular flexibility index (Phi) is 2.91. The lowest BCUT2D eigenvalue weighted by Crippen LogP contribution is -1.87. The van der Waals surface area contributed by atoms with Crippen molar-refractivity contribution < 1.29 is 8.42 Å². The third kappa shape index (κ3) is 1.94. The molecule has 60 valence electrons. The second-order valence-corrected chi connectivity index (χ2v) is 3.28. The van der Waals surface area contributed by atoms with Gasteiger partial charge in [-0.2, -0.15) is 0 Å². The van der Waals surface area contributed by atoms with Crippen LogP contribution in [0.15, 0.2) is 29.2 Å². The summed E-state index contributed by atoms with van der Waals surface area (Å²) in [6.07, 6.45) is 0. The smallest absolute Gasteiger partial charge is 0.168 e. The van der Waals surface area contributed by atoms with Crippen LogP contribution >= 0.6 is 11.6 Å². The second kappa shape index (κ2) is 3.74. The van der Waals surface area contributed by atoms with Crippen molar-refractivity contribution in [1.29, 1.82) is 0 Å². The highest BCUT2D eigenvalue weighted by Crippen LogP contribution is 2.11. The van der Waals surface area contributed by atoms with Gasteiger partial charge in [0.05, 0.1) is 4.90 Å². The maximum absolute atomic E-state index is 10.6. The standard InChI is InChI=1S/C7H7ClO2S/c8-5-6-3-1-2-4-7(6)11(9)10/h1-4,11H,5H2. The fourth-order valence-corrected chi connectivity index (χ4v) is 1.72. The molecule has 0 saturated carbocycles. The van der Waals surface area contributed by atoms with Gasteiger partial charge < -0.3 is 0 Å². The van der Waals surface area contributed by atoms with Crippen molar-refractivity contribution in [3.63, 3.8) is 0 Å².